The highest BCUT2D eigenvalue weighted by molar-refractivity contribution is 5.76. The second-order valence-electron chi connectivity index (χ2n) is 17.2. The largest absolute Gasteiger partial charge is 0.457 e. The number of amidine groups is 1. The molecule has 2 aliphatic heterocycles. The van der Waals surface area contributed by atoms with Crippen molar-refractivity contribution in [1.29, 1.82) is 0 Å². The van der Waals surface area contributed by atoms with Gasteiger partial charge in [0, 0.05) is 0 Å². The van der Waals surface area contributed by atoms with E-state index in [0.717, 1.165) is 33.4 Å². The van der Waals surface area contributed by atoms with Gasteiger partial charge in [0.25, 0.3) is 6.02 Å². The molecule has 12 nitrogen and oxygen atoms in total. The summed E-state index contributed by atoms with van der Waals surface area (Å²) in [5.74, 6) is 0. The highest BCUT2D eigenvalue weighted by Crippen LogP contribution is 2.42. The highest BCUT2D eigenvalue weighted by atomic mass is 16.6. The van der Waals surface area contributed by atoms with Crippen molar-refractivity contribution < 1.29 is 48.1 Å². The molecule has 1 saturated heterocycles. The lowest BCUT2D eigenvalue weighted by molar-refractivity contribution is -0.276. The zero-order valence-corrected chi connectivity index (χ0v) is 37.3. The second kappa shape index (κ2) is 22.8. The van der Waals surface area contributed by atoms with Crippen LogP contribution in [-0.4, -0.2) is 90.0 Å². The first kappa shape index (κ1) is 46.3. The summed E-state index contributed by atoms with van der Waals surface area (Å²) >= 11 is 0. The normalized spacial score (nSPS) is 26.7. The molecule has 67 heavy (non-hydrogen) atoms. The average Bonchev–Trinajstić information content (AvgIpc) is 3.88. The van der Waals surface area contributed by atoms with E-state index in [0.29, 0.717) is 6.61 Å². The molecule has 3 N–H and O–H groups in total. The quantitative estimate of drug-likeness (QED) is 0.0671. The molecule has 0 spiro atoms. The fourth-order valence-electron chi connectivity index (χ4n) is 8.89. The lowest BCUT2D eigenvalue weighted by atomic mass is 9.96. The fourth-order valence-corrected chi connectivity index (χ4v) is 8.89. The van der Waals surface area contributed by atoms with Crippen LogP contribution in [0.3, 0.4) is 0 Å². The van der Waals surface area contributed by atoms with Gasteiger partial charge in [0.15, 0.2) is 12.3 Å². The minimum Gasteiger partial charge on any atom is -0.457 e. The molecular formula is C55H58N2O10. The molecule has 0 radical (unpaired) electrons. The third-order valence-corrected chi connectivity index (χ3v) is 12.3. The topological polar surface area (TPSA) is 139 Å². The van der Waals surface area contributed by atoms with Crippen LogP contribution in [0.15, 0.2) is 187 Å². The van der Waals surface area contributed by atoms with Crippen LogP contribution in [0.25, 0.3) is 0 Å². The van der Waals surface area contributed by atoms with Crippen LogP contribution in [0.5, 0.6) is 0 Å². The van der Waals surface area contributed by atoms with Gasteiger partial charge in [-0.2, -0.15) is 0 Å². The maximum atomic E-state index is 12.6. The second-order valence-corrected chi connectivity index (χ2v) is 17.2. The van der Waals surface area contributed by atoms with Crippen molar-refractivity contribution in [3.05, 3.63) is 215 Å². The van der Waals surface area contributed by atoms with Gasteiger partial charge in [0.1, 0.15) is 48.3 Å². The van der Waals surface area contributed by atoms with Gasteiger partial charge in [-0.15, -0.1) is 0 Å². The Balaban J connectivity index is 1.02. The third-order valence-electron chi connectivity index (χ3n) is 12.3. The molecule has 0 unspecified atom stereocenters. The van der Waals surface area contributed by atoms with Gasteiger partial charge in [0.2, 0.25) is 0 Å². The van der Waals surface area contributed by atoms with Crippen LogP contribution in [-0.2, 0) is 77.5 Å². The number of fused-ring (bicyclic) bond motifs is 1. The number of nitrogens with zero attached hydrogens (tertiary/aromatic N) is 1. The van der Waals surface area contributed by atoms with E-state index in [1.807, 2.05) is 182 Å². The Morgan fingerprint density at radius 1 is 0.493 bits per heavy atom. The fraction of sp³-hybridized carbons (Fsp3) is 0.327. The maximum Gasteiger partial charge on any atom is 0.287 e. The Hall–Kier alpha value is -5.77. The molecule has 12 heteroatoms. The van der Waals surface area contributed by atoms with E-state index in [9.17, 15) is 10.2 Å². The summed E-state index contributed by atoms with van der Waals surface area (Å²) in [6.07, 6.45) is -7.12. The Bertz CT molecular complexity index is 2400. The van der Waals surface area contributed by atoms with Crippen molar-refractivity contribution >= 4 is 6.02 Å². The van der Waals surface area contributed by atoms with E-state index in [4.69, 9.17) is 42.9 Å². The Morgan fingerprint density at radius 3 is 1.37 bits per heavy atom. The Morgan fingerprint density at radius 2 is 0.896 bits per heavy atom. The summed E-state index contributed by atoms with van der Waals surface area (Å²) in [5.41, 5.74) is 3.97. The molecule has 348 valence electrons. The summed E-state index contributed by atoms with van der Waals surface area (Å²) in [6, 6.07) is 58.2. The van der Waals surface area contributed by atoms with Crippen LogP contribution in [0.2, 0.25) is 0 Å². The molecule has 2 fully saturated rings. The van der Waals surface area contributed by atoms with Crippen LogP contribution < -0.4 is 5.32 Å². The van der Waals surface area contributed by atoms with Crippen molar-refractivity contribution in [3.63, 3.8) is 0 Å². The predicted octanol–water partition coefficient (Wildman–Crippen LogP) is 7.31. The Labute approximate surface area is 392 Å². The number of aliphatic imine (C=N–C) groups is 1. The molecule has 0 amide bonds. The summed E-state index contributed by atoms with van der Waals surface area (Å²) in [4.78, 5) is 4.95. The Kier molecular flexibility index (Phi) is 15.8. The molecule has 2 heterocycles. The minimum absolute atomic E-state index is 0.0600. The zero-order chi connectivity index (χ0) is 45.7. The molecule has 9 rings (SSSR count). The molecule has 0 aromatic heterocycles. The smallest absolute Gasteiger partial charge is 0.287 e. The van der Waals surface area contributed by atoms with Crippen molar-refractivity contribution in [2.75, 3.05) is 13.2 Å². The monoisotopic (exact) mass is 906 g/mol. The molecule has 1 saturated carbocycles. The number of aliphatic hydroxyl groups excluding tert-OH is 1. The van der Waals surface area contributed by atoms with Gasteiger partial charge in [-0.05, 0) is 33.4 Å². The van der Waals surface area contributed by atoms with Crippen molar-refractivity contribution in [3.8, 4) is 0 Å². The molecule has 1 aliphatic carbocycles. The lowest BCUT2D eigenvalue weighted by Crippen LogP contribution is -2.65. The number of ether oxygens (including phenoxy) is 8. The van der Waals surface area contributed by atoms with Crippen molar-refractivity contribution in [2.24, 2.45) is 4.99 Å². The predicted molar refractivity (Wildman–Crippen MR) is 251 cm³/mol. The van der Waals surface area contributed by atoms with Gasteiger partial charge in [-0.1, -0.05) is 182 Å². The van der Waals surface area contributed by atoms with Crippen LogP contribution >= 0.6 is 0 Å². The van der Waals surface area contributed by atoms with Crippen molar-refractivity contribution in [2.45, 2.75) is 100 Å². The number of nitrogens with one attached hydrogen (secondary N) is 1. The number of benzene rings is 6. The minimum atomic E-state index is -1.78. The number of hydrogen-bond donors (Lipinski definition) is 3. The zero-order valence-electron chi connectivity index (χ0n) is 37.3. The molecule has 10 atom stereocenters. The van der Waals surface area contributed by atoms with E-state index in [-0.39, 0.29) is 52.3 Å². The average molecular weight is 907 g/mol. The van der Waals surface area contributed by atoms with Gasteiger partial charge in [-0.3, -0.25) is 0 Å². The number of aliphatic hydroxyl groups is 2. The van der Waals surface area contributed by atoms with Crippen molar-refractivity contribution in [1.82, 2.24) is 5.32 Å². The van der Waals surface area contributed by atoms with E-state index in [2.05, 4.69) is 5.32 Å². The van der Waals surface area contributed by atoms with Gasteiger partial charge in [0.05, 0.1) is 52.9 Å². The summed E-state index contributed by atoms with van der Waals surface area (Å²) < 4.78 is 53.0. The molecule has 6 aromatic rings. The first-order valence-electron chi connectivity index (χ1n) is 22.9. The molecule has 6 aromatic carbocycles. The van der Waals surface area contributed by atoms with Crippen LogP contribution in [0.4, 0.5) is 0 Å². The maximum absolute atomic E-state index is 12.6. The summed E-state index contributed by atoms with van der Waals surface area (Å²) in [6.45, 7) is 1.49. The first-order valence-corrected chi connectivity index (χ1v) is 22.9. The summed E-state index contributed by atoms with van der Waals surface area (Å²) in [5, 5.41) is 28.0. The first-order chi connectivity index (χ1) is 33.0. The SMILES string of the molecule is O[C@@H]1[C@H]2OC(N[C@@H]3O[C@H](COCc4ccccc4)[C@@H](OCc4ccccc4)[C@H](OCc4ccccc4)[C@H]3OCc3ccccc3)=N[C@H]2[C@@](O)(COCc2ccccc2)[C@H]1OCc1ccccc1. The van der Waals surface area contributed by atoms with Gasteiger partial charge >= 0.3 is 0 Å². The number of rotatable bonds is 21. The van der Waals surface area contributed by atoms with Gasteiger partial charge in [-0.25, -0.2) is 4.99 Å². The van der Waals surface area contributed by atoms with E-state index < -0.39 is 60.6 Å². The number of hydrogen-bond acceptors (Lipinski definition) is 12. The highest BCUT2D eigenvalue weighted by Gasteiger charge is 2.65. The lowest BCUT2D eigenvalue weighted by Gasteiger charge is -2.46. The van der Waals surface area contributed by atoms with Gasteiger partial charge < -0.3 is 53.4 Å². The van der Waals surface area contributed by atoms with Crippen LogP contribution in [0, 0.1) is 0 Å². The molecular weight excluding hydrogens is 849 g/mol. The molecule has 0 bridgehead atoms. The van der Waals surface area contributed by atoms with E-state index >= 15 is 0 Å². The van der Waals surface area contributed by atoms with E-state index in [1.165, 1.54) is 0 Å². The molecule has 3 aliphatic rings. The van der Waals surface area contributed by atoms with E-state index in [1.54, 1.807) is 0 Å². The standard InChI is InChI=1S/C55H58N2O10/c58-46-48-51(55(59,38-61-32-40-21-9-2-10-22-40)52(46)65-36-44-29-17-6-18-30-44)56-54(67-48)57-53-50(64-35-43-27-15-5-16-28-43)49(63-34-42-25-13-4-14-26-42)47(62-33-41-23-11-3-12-24-41)45(66-53)37-60-31-39-19-7-1-8-20-39/h1-30,45-53,58-59H,31-38H2,(H,56,57)/t45-,46-,47-,48-,49+,50-,51-,52+,53-,55+/m1/s1. The third kappa shape index (κ3) is 11.9. The van der Waals surface area contributed by atoms with Crippen LogP contribution in [0.1, 0.15) is 33.4 Å². The summed E-state index contributed by atoms with van der Waals surface area (Å²) in [7, 11) is 0.